The number of hydrogen-bond donors (Lipinski definition) is 1. The van der Waals surface area contributed by atoms with E-state index in [0.717, 1.165) is 19.3 Å². The van der Waals surface area contributed by atoms with Crippen LogP contribution in [0.5, 0.6) is 0 Å². The molecule has 0 aliphatic carbocycles. The van der Waals surface area contributed by atoms with Crippen LogP contribution in [-0.2, 0) is 9.47 Å². The molecule has 3 atom stereocenters. The van der Waals surface area contributed by atoms with Crippen LogP contribution in [0.2, 0.25) is 0 Å². The van der Waals surface area contributed by atoms with Crippen LogP contribution in [0.1, 0.15) is 40.0 Å². The summed E-state index contributed by atoms with van der Waals surface area (Å²) < 4.78 is 11.2. The van der Waals surface area contributed by atoms with Crippen LogP contribution in [0.4, 0.5) is 0 Å². The number of hydrogen-bond acceptors (Lipinski definition) is 3. The third-order valence-corrected chi connectivity index (χ3v) is 2.86. The van der Waals surface area contributed by atoms with Gasteiger partial charge in [-0.25, -0.2) is 0 Å². The second-order valence-corrected chi connectivity index (χ2v) is 4.67. The minimum absolute atomic E-state index is 0.190. The van der Waals surface area contributed by atoms with Crippen LogP contribution < -0.4 is 5.73 Å². The maximum absolute atomic E-state index is 5.96. The molecule has 1 aliphatic rings. The van der Waals surface area contributed by atoms with Gasteiger partial charge in [0.25, 0.3) is 0 Å². The van der Waals surface area contributed by atoms with Crippen molar-refractivity contribution in [2.45, 2.75) is 57.8 Å². The third kappa shape index (κ3) is 3.95. The normalized spacial score (nSPS) is 31.7. The molecular formula is C11H23NO2. The van der Waals surface area contributed by atoms with Gasteiger partial charge in [-0.3, -0.25) is 0 Å². The molecule has 0 spiro atoms. The van der Waals surface area contributed by atoms with Gasteiger partial charge in [0.2, 0.25) is 0 Å². The van der Waals surface area contributed by atoms with Gasteiger partial charge in [-0.05, 0) is 33.1 Å². The summed E-state index contributed by atoms with van der Waals surface area (Å²) in [7, 11) is 0. The molecule has 0 amide bonds. The molecule has 1 fully saturated rings. The molecule has 0 radical (unpaired) electrons. The summed E-state index contributed by atoms with van der Waals surface area (Å²) in [6.45, 7) is 7.52. The Morgan fingerprint density at radius 3 is 2.71 bits per heavy atom. The summed E-state index contributed by atoms with van der Waals surface area (Å²) in [6, 6.07) is 0. The molecule has 0 bridgehead atoms. The SMILES string of the molecule is CCC(C)(N)COCC1CCC(C)O1. The highest BCUT2D eigenvalue weighted by Gasteiger charge is 2.23. The molecule has 1 aliphatic heterocycles. The zero-order valence-corrected chi connectivity index (χ0v) is 9.58. The van der Waals surface area contributed by atoms with Crippen molar-refractivity contribution in [3.63, 3.8) is 0 Å². The molecule has 0 aromatic rings. The van der Waals surface area contributed by atoms with Gasteiger partial charge in [0.15, 0.2) is 0 Å². The largest absolute Gasteiger partial charge is 0.377 e. The van der Waals surface area contributed by atoms with E-state index < -0.39 is 0 Å². The molecule has 0 saturated carbocycles. The van der Waals surface area contributed by atoms with Crippen molar-refractivity contribution in [2.24, 2.45) is 5.73 Å². The van der Waals surface area contributed by atoms with Crippen LogP contribution in [0.15, 0.2) is 0 Å². The van der Waals surface area contributed by atoms with Gasteiger partial charge < -0.3 is 15.2 Å². The Hall–Kier alpha value is -0.120. The highest BCUT2D eigenvalue weighted by molar-refractivity contribution is 4.76. The molecule has 2 N–H and O–H groups in total. The lowest BCUT2D eigenvalue weighted by molar-refractivity contribution is -0.0197. The van der Waals surface area contributed by atoms with Gasteiger partial charge in [-0.1, -0.05) is 6.92 Å². The Morgan fingerprint density at radius 2 is 2.21 bits per heavy atom. The topological polar surface area (TPSA) is 44.5 Å². The predicted octanol–water partition coefficient (Wildman–Crippen LogP) is 1.70. The molecule has 1 heterocycles. The lowest BCUT2D eigenvalue weighted by atomic mass is 10.0. The van der Waals surface area contributed by atoms with Crippen LogP contribution in [0.3, 0.4) is 0 Å². The summed E-state index contributed by atoms with van der Waals surface area (Å²) in [6.07, 6.45) is 3.90. The maximum Gasteiger partial charge on any atom is 0.0813 e. The fourth-order valence-electron chi connectivity index (χ4n) is 1.53. The van der Waals surface area contributed by atoms with Crippen LogP contribution in [0, 0.1) is 0 Å². The quantitative estimate of drug-likeness (QED) is 0.736. The van der Waals surface area contributed by atoms with Gasteiger partial charge in [-0.2, -0.15) is 0 Å². The van der Waals surface area contributed by atoms with E-state index in [1.807, 2.05) is 6.92 Å². The highest BCUT2D eigenvalue weighted by Crippen LogP contribution is 2.19. The summed E-state index contributed by atoms with van der Waals surface area (Å²) in [5.41, 5.74) is 5.77. The summed E-state index contributed by atoms with van der Waals surface area (Å²) in [5.74, 6) is 0. The fourth-order valence-corrected chi connectivity index (χ4v) is 1.53. The fraction of sp³-hybridized carbons (Fsp3) is 1.00. The molecule has 14 heavy (non-hydrogen) atoms. The molecule has 3 nitrogen and oxygen atoms in total. The second-order valence-electron chi connectivity index (χ2n) is 4.67. The highest BCUT2D eigenvalue weighted by atomic mass is 16.5. The zero-order valence-electron chi connectivity index (χ0n) is 9.58. The first-order chi connectivity index (χ1) is 6.53. The summed E-state index contributed by atoms with van der Waals surface area (Å²) >= 11 is 0. The van der Waals surface area contributed by atoms with Gasteiger partial charge in [0, 0.05) is 5.54 Å². The summed E-state index contributed by atoms with van der Waals surface area (Å²) in [4.78, 5) is 0. The lowest BCUT2D eigenvalue weighted by Crippen LogP contribution is -2.41. The summed E-state index contributed by atoms with van der Waals surface area (Å²) in [5, 5.41) is 0. The predicted molar refractivity (Wildman–Crippen MR) is 57.3 cm³/mol. The van der Waals surface area contributed by atoms with E-state index in [1.54, 1.807) is 0 Å². The van der Waals surface area contributed by atoms with Crippen molar-refractivity contribution in [2.75, 3.05) is 13.2 Å². The van der Waals surface area contributed by atoms with Crippen LogP contribution in [0.25, 0.3) is 0 Å². The van der Waals surface area contributed by atoms with Crippen molar-refractivity contribution in [1.82, 2.24) is 0 Å². The van der Waals surface area contributed by atoms with E-state index in [0.29, 0.717) is 19.3 Å². The van der Waals surface area contributed by atoms with Gasteiger partial charge in [-0.15, -0.1) is 0 Å². The smallest absolute Gasteiger partial charge is 0.0813 e. The molecular weight excluding hydrogens is 178 g/mol. The Labute approximate surface area is 86.9 Å². The van der Waals surface area contributed by atoms with E-state index in [2.05, 4.69) is 13.8 Å². The van der Waals surface area contributed by atoms with Gasteiger partial charge in [0.05, 0.1) is 25.4 Å². The standard InChI is InChI=1S/C11H23NO2/c1-4-11(3,12)8-13-7-10-6-5-9(2)14-10/h9-10H,4-8,12H2,1-3H3. The van der Waals surface area contributed by atoms with Crippen molar-refractivity contribution in [1.29, 1.82) is 0 Å². The van der Waals surface area contributed by atoms with Crippen molar-refractivity contribution < 1.29 is 9.47 Å². The second kappa shape index (κ2) is 5.10. The van der Waals surface area contributed by atoms with Gasteiger partial charge in [0.1, 0.15) is 0 Å². The maximum atomic E-state index is 5.96. The Bertz CT molecular complexity index is 171. The van der Waals surface area contributed by atoms with E-state index in [9.17, 15) is 0 Å². The average Bonchev–Trinajstić information content (AvgIpc) is 2.51. The minimum Gasteiger partial charge on any atom is -0.377 e. The van der Waals surface area contributed by atoms with Crippen LogP contribution >= 0.6 is 0 Å². The van der Waals surface area contributed by atoms with Crippen molar-refractivity contribution in [3.8, 4) is 0 Å². The molecule has 3 heteroatoms. The van der Waals surface area contributed by atoms with Crippen molar-refractivity contribution >= 4 is 0 Å². The first-order valence-electron chi connectivity index (χ1n) is 5.55. The minimum atomic E-state index is -0.190. The molecule has 0 aromatic carbocycles. The monoisotopic (exact) mass is 201 g/mol. The number of nitrogens with two attached hydrogens (primary N) is 1. The zero-order chi connectivity index (χ0) is 10.6. The van der Waals surface area contributed by atoms with E-state index in [1.165, 1.54) is 0 Å². The van der Waals surface area contributed by atoms with Crippen molar-refractivity contribution in [3.05, 3.63) is 0 Å². The number of ether oxygens (including phenoxy) is 2. The van der Waals surface area contributed by atoms with E-state index in [4.69, 9.17) is 15.2 Å². The Kier molecular flexibility index (Phi) is 4.35. The Balaban J connectivity index is 2.10. The van der Waals surface area contributed by atoms with Crippen LogP contribution in [-0.4, -0.2) is 31.0 Å². The molecule has 0 aromatic heterocycles. The Morgan fingerprint density at radius 1 is 1.50 bits per heavy atom. The molecule has 1 rings (SSSR count). The first-order valence-corrected chi connectivity index (χ1v) is 5.55. The van der Waals surface area contributed by atoms with E-state index in [-0.39, 0.29) is 11.6 Å². The molecule has 84 valence electrons. The molecule has 1 saturated heterocycles. The number of rotatable bonds is 5. The lowest BCUT2D eigenvalue weighted by Gasteiger charge is -2.23. The van der Waals surface area contributed by atoms with E-state index >= 15 is 0 Å². The third-order valence-electron chi connectivity index (χ3n) is 2.86. The van der Waals surface area contributed by atoms with Gasteiger partial charge >= 0.3 is 0 Å². The first kappa shape index (κ1) is 12.0. The average molecular weight is 201 g/mol. The molecule has 3 unspecified atom stereocenters.